The number of unbranched alkanes of at least 4 members (excludes halogenated alkanes) is 25. The van der Waals surface area contributed by atoms with Gasteiger partial charge in [0.2, 0.25) is 11.8 Å². The molecular formula is C42H82N2O2. The molecule has 272 valence electrons. The molecule has 0 heterocycles. The standard InChI is InChI=1S/C22H43NO.C20H39NO/c1-2-3-4-5-6-7-8-9-10-11-12-13-14-15-16-17-18-19-20-21-22(23)24;1-3-5-6-7-8-9-10-11-12-13-14-15-16-17-18-19(4-2)20(21)22/h9-10H,2-8,11-21H2,1H3,(H2,23,24);11-12,19H,3-10,13-18H2,1-2H3,(H2,21,22)/b10-9-;12-11-. The molecule has 1 unspecified atom stereocenters. The van der Waals surface area contributed by atoms with E-state index in [-0.39, 0.29) is 17.7 Å². The predicted molar refractivity (Wildman–Crippen MR) is 205 cm³/mol. The second-order valence-corrected chi connectivity index (χ2v) is 13.7. The average molecular weight is 647 g/mol. The van der Waals surface area contributed by atoms with Crippen LogP contribution in [-0.2, 0) is 9.59 Å². The molecule has 0 aromatic carbocycles. The maximum atomic E-state index is 11.1. The number of hydrogen-bond acceptors (Lipinski definition) is 2. The summed E-state index contributed by atoms with van der Waals surface area (Å²) in [5, 5.41) is 0. The molecule has 4 N–H and O–H groups in total. The SMILES string of the molecule is CCCCCCCC/C=C\CCCCCCC(CC)C(N)=O.CCCCCCCC/C=C\CCCCCCCCCCCC(N)=O. The van der Waals surface area contributed by atoms with Crippen molar-refractivity contribution in [2.24, 2.45) is 17.4 Å². The first-order valence-corrected chi connectivity index (χ1v) is 20.4. The molecule has 0 spiro atoms. The topological polar surface area (TPSA) is 86.2 Å². The molecular weight excluding hydrogens is 564 g/mol. The molecule has 46 heavy (non-hydrogen) atoms. The molecule has 0 aliphatic heterocycles. The van der Waals surface area contributed by atoms with Crippen LogP contribution in [-0.4, -0.2) is 11.8 Å². The van der Waals surface area contributed by atoms with Gasteiger partial charge in [-0.25, -0.2) is 0 Å². The minimum atomic E-state index is -0.156. The van der Waals surface area contributed by atoms with Crippen LogP contribution in [0.4, 0.5) is 0 Å². The first-order chi connectivity index (χ1) is 22.5. The van der Waals surface area contributed by atoms with Crippen LogP contribution in [0.15, 0.2) is 24.3 Å². The summed E-state index contributed by atoms with van der Waals surface area (Å²) in [5.41, 5.74) is 10.5. The number of hydrogen-bond donors (Lipinski definition) is 2. The average Bonchev–Trinajstić information content (AvgIpc) is 3.04. The van der Waals surface area contributed by atoms with Gasteiger partial charge >= 0.3 is 0 Å². The molecule has 0 bridgehead atoms. The van der Waals surface area contributed by atoms with Crippen molar-refractivity contribution in [3.63, 3.8) is 0 Å². The monoisotopic (exact) mass is 647 g/mol. The fourth-order valence-corrected chi connectivity index (χ4v) is 5.91. The zero-order valence-corrected chi connectivity index (χ0v) is 31.5. The highest BCUT2D eigenvalue weighted by molar-refractivity contribution is 5.76. The Morgan fingerprint density at radius 1 is 0.435 bits per heavy atom. The fourth-order valence-electron chi connectivity index (χ4n) is 5.91. The Kier molecular flexibility index (Phi) is 41.9. The van der Waals surface area contributed by atoms with E-state index in [2.05, 4.69) is 38.2 Å². The number of rotatable bonds is 35. The van der Waals surface area contributed by atoms with E-state index in [9.17, 15) is 9.59 Å². The second kappa shape index (κ2) is 41.4. The number of nitrogens with two attached hydrogens (primary N) is 2. The minimum absolute atomic E-state index is 0.0947. The van der Waals surface area contributed by atoms with Crippen LogP contribution in [0.25, 0.3) is 0 Å². The highest BCUT2D eigenvalue weighted by Crippen LogP contribution is 2.15. The van der Waals surface area contributed by atoms with Gasteiger partial charge in [-0.2, -0.15) is 0 Å². The van der Waals surface area contributed by atoms with Crippen molar-refractivity contribution in [3.05, 3.63) is 24.3 Å². The summed E-state index contributed by atoms with van der Waals surface area (Å²) < 4.78 is 0. The van der Waals surface area contributed by atoms with E-state index in [0.717, 1.165) is 32.1 Å². The molecule has 0 fully saturated rings. The summed E-state index contributed by atoms with van der Waals surface area (Å²) in [4.78, 5) is 21.7. The van der Waals surface area contributed by atoms with Crippen molar-refractivity contribution in [1.82, 2.24) is 0 Å². The largest absolute Gasteiger partial charge is 0.370 e. The van der Waals surface area contributed by atoms with Gasteiger partial charge in [0.05, 0.1) is 0 Å². The van der Waals surface area contributed by atoms with E-state index in [1.807, 2.05) is 6.92 Å². The lowest BCUT2D eigenvalue weighted by Gasteiger charge is -2.09. The van der Waals surface area contributed by atoms with Crippen LogP contribution in [0.5, 0.6) is 0 Å². The zero-order valence-electron chi connectivity index (χ0n) is 31.5. The van der Waals surface area contributed by atoms with Crippen LogP contribution < -0.4 is 11.5 Å². The van der Waals surface area contributed by atoms with Gasteiger partial charge < -0.3 is 11.5 Å². The lowest BCUT2D eigenvalue weighted by molar-refractivity contribution is -0.122. The van der Waals surface area contributed by atoms with Crippen molar-refractivity contribution < 1.29 is 9.59 Å². The van der Waals surface area contributed by atoms with Crippen molar-refractivity contribution in [3.8, 4) is 0 Å². The predicted octanol–water partition coefficient (Wildman–Crippen LogP) is 13.2. The maximum absolute atomic E-state index is 11.1. The summed E-state index contributed by atoms with van der Waals surface area (Å²) in [5.74, 6) is -0.187. The van der Waals surface area contributed by atoms with Crippen molar-refractivity contribution in [2.75, 3.05) is 0 Å². The molecule has 0 aromatic heterocycles. The highest BCUT2D eigenvalue weighted by atomic mass is 16.1. The molecule has 4 heteroatoms. The summed E-state index contributed by atoms with van der Waals surface area (Å²) in [7, 11) is 0. The first-order valence-electron chi connectivity index (χ1n) is 20.4. The number of carbonyl (C=O) groups excluding carboxylic acids is 2. The summed E-state index contributed by atoms with van der Waals surface area (Å²) >= 11 is 0. The number of amides is 2. The van der Waals surface area contributed by atoms with Crippen LogP contribution in [0.2, 0.25) is 0 Å². The molecule has 0 saturated heterocycles. The Morgan fingerprint density at radius 3 is 1.04 bits per heavy atom. The van der Waals surface area contributed by atoms with Crippen molar-refractivity contribution >= 4 is 11.8 Å². The molecule has 2 amide bonds. The summed E-state index contributed by atoms with van der Waals surface area (Å²) in [6, 6.07) is 0. The molecule has 0 aliphatic carbocycles. The maximum Gasteiger partial charge on any atom is 0.220 e. The van der Waals surface area contributed by atoms with Gasteiger partial charge in [0.1, 0.15) is 0 Å². The number of allylic oxidation sites excluding steroid dienone is 4. The van der Waals surface area contributed by atoms with Crippen molar-refractivity contribution in [1.29, 1.82) is 0 Å². The molecule has 0 aromatic rings. The summed E-state index contributed by atoms with van der Waals surface area (Å²) in [6.07, 6.45) is 50.1. The lowest BCUT2D eigenvalue weighted by Crippen LogP contribution is -2.22. The zero-order chi connectivity index (χ0) is 34.2. The van der Waals surface area contributed by atoms with E-state index in [1.165, 1.54) is 167 Å². The van der Waals surface area contributed by atoms with Gasteiger partial charge in [-0.1, -0.05) is 173 Å². The first kappa shape index (κ1) is 46.5. The van der Waals surface area contributed by atoms with Gasteiger partial charge in [0, 0.05) is 12.3 Å². The third-order valence-corrected chi connectivity index (χ3v) is 9.14. The third kappa shape index (κ3) is 42.4. The quantitative estimate of drug-likeness (QED) is 0.0530. The molecule has 4 nitrogen and oxygen atoms in total. The van der Waals surface area contributed by atoms with E-state index in [0.29, 0.717) is 6.42 Å². The second-order valence-electron chi connectivity index (χ2n) is 13.7. The lowest BCUT2D eigenvalue weighted by atomic mass is 9.97. The molecule has 0 rings (SSSR count). The Bertz CT molecular complexity index is 673. The Morgan fingerprint density at radius 2 is 0.739 bits per heavy atom. The normalized spacial score (nSPS) is 12.1. The van der Waals surface area contributed by atoms with E-state index in [4.69, 9.17) is 11.5 Å². The van der Waals surface area contributed by atoms with Gasteiger partial charge in [-0.15, -0.1) is 0 Å². The summed E-state index contributed by atoms with van der Waals surface area (Å²) in [6.45, 7) is 6.59. The molecule has 0 radical (unpaired) electrons. The Balaban J connectivity index is 0. The molecule has 0 saturated carbocycles. The Labute approximate surface area is 288 Å². The van der Waals surface area contributed by atoms with Crippen LogP contribution in [0.1, 0.15) is 226 Å². The van der Waals surface area contributed by atoms with Gasteiger partial charge in [0.25, 0.3) is 0 Å². The minimum Gasteiger partial charge on any atom is -0.370 e. The Hall–Kier alpha value is -1.58. The van der Waals surface area contributed by atoms with Gasteiger partial charge in [0.15, 0.2) is 0 Å². The van der Waals surface area contributed by atoms with Crippen LogP contribution in [0, 0.1) is 5.92 Å². The number of carbonyl (C=O) groups is 2. The number of primary amides is 2. The van der Waals surface area contributed by atoms with E-state index in [1.54, 1.807) is 0 Å². The van der Waals surface area contributed by atoms with Crippen LogP contribution >= 0.6 is 0 Å². The third-order valence-electron chi connectivity index (χ3n) is 9.14. The van der Waals surface area contributed by atoms with Gasteiger partial charge in [-0.3, -0.25) is 9.59 Å². The van der Waals surface area contributed by atoms with E-state index >= 15 is 0 Å². The highest BCUT2D eigenvalue weighted by Gasteiger charge is 2.11. The fraction of sp³-hybridized carbons (Fsp3) is 0.857. The smallest absolute Gasteiger partial charge is 0.220 e. The van der Waals surface area contributed by atoms with Crippen LogP contribution in [0.3, 0.4) is 0 Å². The molecule has 1 atom stereocenters. The molecule has 0 aliphatic rings. The van der Waals surface area contributed by atoms with Gasteiger partial charge in [-0.05, 0) is 70.6 Å². The van der Waals surface area contributed by atoms with E-state index < -0.39 is 0 Å². The van der Waals surface area contributed by atoms with Crippen molar-refractivity contribution in [2.45, 2.75) is 226 Å².